The number of fused-ring (bicyclic) bond motifs is 2. The highest BCUT2D eigenvalue weighted by Gasteiger charge is 2.37. The monoisotopic (exact) mass is 1020 g/mol. The Balaban J connectivity index is 0.000000199. The van der Waals surface area contributed by atoms with Gasteiger partial charge in [0.1, 0.15) is 17.3 Å². The smallest absolute Gasteiger partial charge is 0.381 e. The molecular weight excluding hydrogens is 941 g/mol. The minimum absolute atomic E-state index is 0.00240. The Morgan fingerprint density at radius 2 is 1.58 bits per heavy atom. The van der Waals surface area contributed by atoms with Gasteiger partial charge in [-0.2, -0.15) is 5.10 Å². The molecule has 3 fully saturated rings. The van der Waals surface area contributed by atoms with Gasteiger partial charge in [-0.15, -0.1) is 0 Å². The largest absolute Gasteiger partial charge is 0.438 e. The van der Waals surface area contributed by atoms with Crippen LogP contribution in [0.3, 0.4) is 0 Å². The lowest BCUT2D eigenvalue weighted by atomic mass is 9.91. The highest BCUT2D eigenvalue weighted by Crippen LogP contribution is 2.45. The first-order valence-electron chi connectivity index (χ1n) is 26.6. The van der Waals surface area contributed by atoms with Crippen LogP contribution in [-0.4, -0.2) is 74.5 Å². The first-order chi connectivity index (χ1) is 35.5. The van der Waals surface area contributed by atoms with Crippen molar-refractivity contribution in [1.29, 1.82) is 0 Å². The number of hydrogen-bond acceptors (Lipinski definition) is 9. The fraction of sp³-hybridized carbons (Fsp3) is 0.500. The summed E-state index contributed by atoms with van der Waals surface area (Å²) >= 11 is 0. The van der Waals surface area contributed by atoms with Crippen molar-refractivity contribution >= 4 is 34.1 Å². The SMILES string of the molecule is C/C=C\N(C(C)=O)c1ccc(N(NC)C2CC2)cc1F.CC1CC1c1noc(=O)[nH]1.CCC.CCCC.Cc1cc(-n2nc3c(c2C)[C@H](C)N(C(=O)c2cc4cc(C5CCOCC5)ccc4[nH]2)CC3)cc(C)c1F. The number of aromatic amines is 2. The van der Waals surface area contributed by atoms with Crippen LogP contribution in [0.1, 0.15) is 175 Å². The van der Waals surface area contributed by atoms with Crippen molar-refractivity contribution in [3.05, 3.63) is 134 Å². The van der Waals surface area contributed by atoms with Gasteiger partial charge >= 0.3 is 5.76 Å². The molecule has 74 heavy (non-hydrogen) atoms. The predicted molar refractivity (Wildman–Crippen MR) is 291 cm³/mol. The van der Waals surface area contributed by atoms with E-state index in [0.29, 0.717) is 59.4 Å². The van der Waals surface area contributed by atoms with E-state index in [-0.39, 0.29) is 29.4 Å². The van der Waals surface area contributed by atoms with Crippen LogP contribution in [-0.2, 0) is 16.0 Å². The van der Waals surface area contributed by atoms with E-state index in [4.69, 9.17) is 9.84 Å². The van der Waals surface area contributed by atoms with Crippen LogP contribution in [0.15, 0.2) is 76.2 Å². The molecule has 1 saturated heterocycles. The van der Waals surface area contributed by atoms with E-state index >= 15 is 0 Å². The molecule has 0 bridgehead atoms. The standard InChI is InChI=1S/C30H33FN4O2.C15H20FN3O.C6H8N2O2.C4H10.C3H8/c1-17-13-24(14-18(2)29(17)31)35-20(4)28-19(3)34(10-7-26(28)33-35)30(36)27-16-23-15-22(5-6-25(23)32-27)21-8-11-37-12-9-21;1-4-9-18(11(2)20)15-8-7-13(10-14(15)16)19(17-3)12-5-6-12;1-3-2-4(3)5-7-6(9)10-8-5;1-3-4-2;1-3-2/h5-6,13-16,19,21,32H,7-12H2,1-4H3;4,7-10,12,17H,5-6H2,1-3H3;3-4H,2H2,1H3,(H,7,8,9);3-4H2,1-2H3;3H2,1-2H3/b;9-4-;;;/t19-;;;;/m0..../s1. The van der Waals surface area contributed by atoms with E-state index in [9.17, 15) is 23.2 Å². The first kappa shape index (κ1) is 56.9. The molecular formula is C58H79F2N9O5. The normalized spacial score (nSPS) is 17.9. The lowest BCUT2D eigenvalue weighted by Gasteiger charge is -2.33. The van der Waals surface area contributed by atoms with Crippen LogP contribution in [0.2, 0.25) is 0 Å². The molecule has 2 aliphatic heterocycles. The zero-order valence-electron chi connectivity index (χ0n) is 45.7. The molecule has 14 nitrogen and oxygen atoms in total. The third kappa shape index (κ3) is 13.9. The number of anilines is 2. The average molecular weight is 1020 g/mol. The number of ether oxygens (including phenoxy) is 1. The Morgan fingerprint density at radius 3 is 2.12 bits per heavy atom. The fourth-order valence-corrected chi connectivity index (χ4v) is 9.46. The van der Waals surface area contributed by atoms with Gasteiger partial charge in [-0.1, -0.05) is 71.2 Å². The van der Waals surface area contributed by atoms with E-state index < -0.39 is 11.6 Å². The van der Waals surface area contributed by atoms with E-state index in [1.54, 1.807) is 39.1 Å². The number of nitrogens with zero attached hydrogens (tertiary/aromatic N) is 6. The third-order valence-corrected chi connectivity index (χ3v) is 13.9. The van der Waals surface area contributed by atoms with Crippen molar-refractivity contribution < 1.29 is 27.6 Å². The number of amides is 2. The molecule has 3 atom stereocenters. The summed E-state index contributed by atoms with van der Waals surface area (Å²) in [5.41, 5.74) is 12.2. The zero-order chi connectivity index (χ0) is 53.8. The number of carbonyl (C=O) groups is 2. The molecule has 400 valence electrons. The quantitative estimate of drug-likeness (QED) is 0.114. The molecule has 2 saturated carbocycles. The predicted octanol–water partition coefficient (Wildman–Crippen LogP) is 12.6. The highest BCUT2D eigenvalue weighted by atomic mass is 19.1. The lowest BCUT2D eigenvalue weighted by Crippen LogP contribution is -2.39. The van der Waals surface area contributed by atoms with E-state index in [1.807, 2.05) is 52.8 Å². The second-order valence-electron chi connectivity index (χ2n) is 19.9. The summed E-state index contributed by atoms with van der Waals surface area (Å²) in [6, 6.07) is 17.4. The summed E-state index contributed by atoms with van der Waals surface area (Å²) in [5, 5.41) is 11.5. The van der Waals surface area contributed by atoms with Crippen LogP contribution < -0.4 is 21.1 Å². The number of aromatic nitrogens is 5. The summed E-state index contributed by atoms with van der Waals surface area (Å²) in [6.07, 6.45) is 13.3. The Kier molecular flexibility index (Phi) is 20.1. The van der Waals surface area contributed by atoms with Crippen LogP contribution in [0.5, 0.6) is 0 Å². The Labute approximate surface area is 435 Å². The van der Waals surface area contributed by atoms with Crippen LogP contribution >= 0.6 is 0 Å². The molecule has 2 amide bonds. The van der Waals surface area contributed by atoms with Gasteiger partial charge in [0.15, 0.2) is 5.82 Å². The number of hydrogen-bond donors (Lipinski definition) is 3. The summed E-state index contributed by atoms with van der Waals surface area (Å²) < 4.78 is 40.3. The van der Waals surface area contributed by atoms with Gasteiger partial charge in [0.2, 0.25) is 5.91 Å². The van der Waals surface area contributed by atoms with Gasteiger partial charge < -0.3 is 19.6 Å². The first-order valence-corrected chi connectivity index (χ1v) is 26.6. The number of carbonyl (C=O) groups excluding carboxylic acids is 2. The third-order valence-electron chi connectivity index (χ3n) is 13.9. The van der Waals surface area contributed by atoms with Crippen molar-refractivity contribution in [1.82, 2.24) is 35.2 Å². The minimum atomic E-state index is -0.450. The summed E-state index contributed by atoms with van der Waals surface area (Å²) in [4.78, 5) is 44.8. The molecule has 5 heterocycles. The maximum absolute atomic E-state index is 14.3. The molecule has 2 aliphatic carbocycles. The lowest BCUT2D eigenvalue weighted by molar-refractivity contribution is -0.116. The average Bonchev–Trinajstić information content (AvgIpc) is 4.23. The van der Waals surface area contributed by atoms with E-state index in [1.165, 1.54) is 42.7 Å². The van der Waals surface area contributed by atoms with E-state index in [0.717, 1.165) is 84.5 Å². The Hall–Kier alpha value is -6.39. The van der Waals surface area contributed by atoms with Crippen molar-refractivity contribution in [2.75, 3.05) is 36.7 Å². The summed E-state index contributed by atoms with van der Waals surface area (Å²) in [5.74, 6) is 1.06. The highest BCUT2D eigenvalue weighted by molar-refractivity contribution is 5.98. The molecule has 16 heteroatoms. The van der Waals surface area contributed by atoms with Gasteiger partial charge in [-0.05, 0) is 138 Å². The van der Waals surface area contributed by atoms with Crippen molar-refractivity contribution in [3.63, 3.8) is 0 Å². The number of hydrazine groups is 1. The zero-order valence-corrected chi connectivity index (χ0v) is 45.7. The molecule has 0 radical (unpaired) electrons. The number of aryl methyl sites for hydroxylation is 2. The number of halogens is 2. The van der Waals surface area contributed by atoms with Crippen LogP contribution in [0.25, 0.3) is 16.6 Å². The fourth-order valence-electron chi connectivity index (χ4n) is 9.46. The molecule has 3 aromatic heterocycles. The van der Waals surface area contributed by atoms with Gasteiger partial charge in [-0.3, -0.25) is 24.0 Å². The van der Waals surface area contributed by atoms with Crippen molar-refractivity contribution in [2.45, 2.75) is 158 Å². The number of H-pyrrole nitrogens is 2. The number of benzene rings is 3. The maximum atomic E-state index is 14.3. The van der Waals surface area contributed by atoms with E-state index in [2.05, 4.69) is 84.8 Å². The molecule has 10 rings (SSSR count). The molecule has 4 aliphatic rings. The number of unbranched alkanes of at least 4 members (excludes halogenated alkanes) is 1. The van der Waals surface area contributed by atoms with Gasteiger partial charge in [0.05, 0.1) is 28.8 Å². The molecule has 3 N–H and O–H groups in total. The molecule has 0 spiro atoms. The molecule has 2 unspecified atom stereocenters. The second kappa shape index (κ2) is 26.2. The van der Waals surface area contributed by atoms with Gasteiger partial charge in [0, 0.05) is 86.5 Å². The number of rotatable bonds is 10. The van der Waals surface area contributed by atoms with Crippen molar-refractivity contribution in [2.24, 2.45) is 5.92 Å². The van der Waals surface area contributed by atoms with Gasteiger partial charge in [0.25, 0.3) is 5.91 Å². The number of nitrogens with one attached hydrogen (secondary N) is 3. The topological polar surface area (TPSA) is 158 Å². The number of allylic oxidation sites excluding steroid dienone is 1. The Bertz CT molecular complexity index is 2880. The van der Waals surface area contributed by atoms with Gasteiger partial charge in [-0.25, -0.2) is 23.7 Å². The van der Waals surface area contributed by atoms with Crippen LogP contribution in [0, 0.1) is 38.3 Å². The Morgan fingerprint density at radius 1 is 0.919 bits per heavy atom. The van der Waals surface area contributed by atoms with Crippen molar-refractivity contribution in [3.8, 4) is 5.69 Å². The molecule has 3 aromatic carbocycles. The van der Waals surface area contributed by atoms with Crippen LogP contribution in [0.4, 0.5) is 20.2 Å². The second-order valence-corrected chi connectivity index (χ2v) is 19.9. The minimum Gasteiger partial charge on any atom is -0.381 e. The summed E-state index contributed by atoms with van der Waals surface area (Å²) in [7, 11) is 1.83. The summed E-state index contributed by atoms with van der Waals surface area (Å²) in [6.45, 7) is 23.8. The molecule has 6 aromatic rings. The maximum Gasteiger partial charge on any atom is 0.438 e.